The highest BCUT2D eigenvalue weighted by atomic mass is 31.2. The van der Waals surface area contributed by atoms with Gasteiger partial charge in [0.1, 0.15) is 12.7 Å². The van der Waals surface area contributed by atoms with Gasteiger partial charge in [-0.25, -0.2) is 4.57 Å². The first-order chi connectivity index (χ1) is 35.2. The van der Waals surface area contributed by atoms with Gasteiger partial charge in [-0.1, -0.05) is 229 Å². The standard InChI is InChI=1S/C60H105O11P/c1-4-7-10-13-16-19-22-25-26-27-28-29-30-33-34-37-40-43-46-49-58(62)67-53-57(71-60(64)51-48-45-42-39-36-32-24-21-18-15-12-9-6-3)55-69-72(65,66)68-54-56(52-61)70-59(63)50-47-44-41-38-35-31-23-20-17-14-11-8-5-2/h9,12,16,18-19,21,25-26,32,36,42,45,56-57,61H,4-8,10-11,13-15,17,20,22-24,27-31,33-35,37-41,43-44,46-55H2,1-3H3,(H,65,66)/b12-9-,19-16-,21-18-,26-25-,36-32-,45-42-. The molecule has 0 aromatic carbocycles. The Hall–Kier alpha value is -3.08. The van der Waals surface area contributed by atoms with E-state index in [4.69, 9.17) is 23.3 Å². The highest BCUT2D eigenvalue weighted by Gasteiger charge is 2.28. The average molecular weight is 1030 g/mol. The fraction of sp³-hybridized carbons (Fsp3) is 0.750. The lowest BCUT2D eigenvalue weighted by Gasteiger charge is -2.21. The van der Waals surface area contributed by atoms with E-state index in [0.717, 1.165) is 77.0 Å². The summed E-state index contributed by atoms with van der Waals surface area (Å²) in [5, 5.41) is 9.80. The maximum absolute atomic E-state index is 12.9. The average Bonchev–Trinajstić information content (AvgIpc) is 3.37. The van der Waals surface area contributed by atoms with Crippen molar-refractivity contribution in [3.63, 3.8) is 0 Å². The number of allylic oxidation sites excluding steroid dienone is 12. The van der Waals surface area contributed by atoms with Crippen LogP contribution >= 0.6 is 7.82 Å². The zero-order chi connectivity index (χ0) is 52.7. The third-order valence-corrected chi connectivity index (χ3v) is 13.1. The van der Waals surface area contributed by atoms with Crippen molar-refractivity contribution in [2.45, 2.75) is 264 Å². The molecule has 0 bridgehead atoms. The van der Waals surface area contributed by atoms with E-state index in [9.17, 15) is 28.9 Å². The molecule has 0 heterocycles. The van der Waals surface area contributed by atoms with Crippen molar-refractivity contribution in [1.82, 2.24) is 0 Å². The third-order valence-electron chi connectivity index (χ3n) is 12.1. The molecular weight excluding hydrogens is 928 g/mol. The van der Waals surface area contributed by atoms with Gasteiger partial charge in [-0.2, -0.15) is 0 Å². The maximum Gasteiger partial charge on any atom is 0.472 e. The van der Waals surface area contributed by atoms with Crippen molar-refractivity contribution >= 4 is 25.7 Å². The Morgan fingerprint density at radius 1 is 0.403 bits per heavy atom. The van der Waals surface area contributed by atoms with Crippen LogP contribution in [-0.4, -0.2) is 66.5 Å². The second-order valence-corrected chi connectivity index (χ2v) is 20.5. The van der Waals surface area contributed by atoms with Crippen LogP contribution in [0.5, 0.6) is 0 Å². The van der Waals surface area contributed by atoms with E-state index in [0.29, 0.717) is 19.3 Å². The molecule has 0 saturated carbocycles. The number of rotatable bonds is 53. The minimum atomic E-state index is -4.76. The van der Waals surface area contributed by atoms with E-state index in [1.165, 1.54) is 116 Å². The zero-order valence-electron chi connectivity index (χ0n) is 45.9. The molecule has 11 nitrogen and oxygen atoms in total. The van der Waals surface area contributed by atoms with Gasteiger partial charge in [-0.3, -0.25) is 23.4 Å². The van der Waals surface area contributed by atoms with Gasteiger partial charge in [0.15, 0.2) is 6.10 Å². The van der Waals surface area contributed by atoms with E-state index in [-0.39, 0.29) is 25.9 Å². The number of phosphoric acid groups is 1. The van der Waals surface area contributed by atoms with Crippen LogP contribution < -0.4 is 0 Å². The Bertz CT molecular complexity index is 1490. The zero-order valence-corrected chi connectivity index (χ0v) is 46.8. The Kier molecular flexibility index (Phi) is 51.9. The van der Waals surface area contributed by atoms with Crippen LogP contribution in [0.3, 0.4) is 0 Å². The largest absolute Gasteiger partial charge is 0.472 e. The molecule has 416 valence electrons. The molecule has 0 aromatic heterocycles. The van der Waals surface area contributed by atoms with Crippen LogP contribution in [0.25, 0.3) is 0 Å². The molecular formula is C60H105O11P. The third kappa shape index (κ3) is 51.8. The Balaban J connectivity index is 4.75. The molecule has 3 atom stereocenters. The summed E-state index contributed by atoms with van der Waals surface area (Å²) in [4.78, 5) is 48.4. The fourth-order valence-corrected chi connectivity index (χ4v) is 8.54. The summed E-state index contributed by atoms with van der Waals surface area (Å²) < 4.78 is 39.4. The van der Waals surface area contributed by atoms with Gasteiger partial charge in [0.05, 0.1) is 19.8 Å². The number of aliphatic hydroxyl groups is 1. The molecule has 0 aromatic rings. The Labute approximate surface area is 439 Å². The van der Waals surface area contributed by atoms with Crippen LogP contribution in [0.1, 0.15) is 252 Å². The number of ether oxygens (including phenoxy) is 3. The summed E-state index contributed by atoms with van der Waals surface area (Å²) in [7, 11) is -4.76. The number of aliphatic hydroxyl groups excluding tert-OH is 1. The summed E-state index contributed by atoms with van der Waals surface area (Å²) in [6.45, 7) is 4.43. The molecule has 0 saturated heterocycles. The van der Waals surface area contributed by atoms with Gasteiger partial charge >= 0.3 is 25.7 Å². The first-order valence-corrected chi connectivity index (χ1v) is 30.3. The maximum atomic E-state index is 12.9. The first kappa shape index (κ1) is 68.9. The van der Waals surface area contributed by atoms with E-state index in [1.54, 1.807) is 0 Å². The van der Waals surface area contributed by atoms with Crippen molar-refractivity contribution < 1.29 is 52.2 Å². The lowest BCUT2D eigenvalue weighted by atomic mass is 10.0. The lowest BCUT2D eigenvalue weighted by molar-refractivity contribution is -0.161. The highest BCUT2D eigenvalue weighted by Crippen LogP contribution is 2.43. The smallest absolute Gasteiger partial charge is 0.462 e. The van der Waals surface area contributed by atoms with Gasteiger partial charge in [0.2, 0.25) is 0 Å². The second-order valence-electron chi connectivity index (χ2n) is 19.1. The SMILES string of the molecule is CC/C=C\C/C=C\C/C=C\C/C=C\CCC(=O)OC(COC(=O)CCCCCCCCCCC/C=C\C/C=C\CCCCC)COP(=O)(O)OCC(CO)OC(=O)CCCCCCCCCCCCCCC. The van der Waals surface area contributed by atoms with Crippen LogP contribution in [0, 0.1) is 0 Å². The second kappa shape index (κ2) is 54.2. The van der Waals surface area contributed by atoms with Gasteiger partial charge in [0, 0.05) is 19.3 Å². The minimum Gasteiger partial charge on any atom is -0.462 e. The predicted octanol–water partition coefficient (Wildman–Crippen LogP) is 16.9. The topological polar surface area (TPSA) is 155 Å². The molecule has 0 rings (SSSR count). The quantitative estimate of drug-likeness (QED) is 0.0197. The fourth-order valence-electron chi connectivity index (χ4n) is 7.75. The van der Waals surface area contributed by atoms with E-state index in [1.807, 2.05) is 12.2 Å². The summed E-state index contributed by atoms with van der Waals surface area (Å²) in [6.07, 6.45) is 60.2. The van der Waals surface area contributed by atoms with Crippen LogP contribution in [-0.2, 0) is 42.2 Å². The van der Waals surface area contributed by atoms with Crippen molar-refractivity contribution in [3.05, 3.63) is 72.9 Å². The summed E-state index contributed by atoms with van der Waals surface area (Å²) in [5.74, 6) is -1.56. The number of phosphoric ester groups is 1. The first-order valence-electron chi connectivity index (χ1n) is 28.8. The molecule has 0 aliphatic rings. The van der Waals surface area contributed by atoms with Crippen molar-refractivity contribution in [2.75, 3.05) is 26.4 Å². The van der Waals surface area contributed by atoms with Gasteiger partial charge < -0.3 is 24.2 Å². The van der Waals surface area contributed by atoms with Crippen molar-refractivity contribution in [2.24, 2.45) is 0 Å². The molecule has 0 amide bonds. The molecule has 0 aliphatic carbocycles. The monoisotopic (exact) mass is 1030 g/mol. The molecule has 2 N–H and O–H groups in total. The molecule has 0 aliphatic heterocycles. The molecule has 0 spiro atoms. The van der Waals surface area contributed by atoms with E-state index < -0.39 is 57.8 Å². The van der Waals surface area contributed by atoms with Gasteiger partial charge in [0.25, 0.3) is 0 Å². The van der Waals surface area contributed by atoms with Crippen LogP contribution in [0.2, 0.25) is 0 Å². The number of carbonyl (C=O) groups excluding carboxylic acids is 3. The number of hydrogen-bond acceptors (Lipinski definition) is 10. The lowest BCUT2D eigenvalue weighted by Crippen LogP contribution is -2.30. The summed E-state index contributed by atoms with van der Waals surface area (Å²) in [6, 6.07) is 0. The highest BCUT2D eigenvalue weighted by molar-refractivity contribution is 7.47. The Morgan fingerprint density at radius 3 is 1.22 bits per heavy atom. The normalized spacial score (nSPS) is 13.9. The molecule has 0 fully saturated rings. The molecule has 12 heteroatoms. The minimum absolute atomic E-state index is 0.0452. The predicted molar refractivity (Wildman–Crippen MR) is 298 cm³/mol. The number of unbranched alkanes of at least 4 members (excludes halogenated alkanes) is 24. The molecule has 3 unspecified atom stereocenters. The summed E-state index contributed by atoms with van der Waals surface area (Å²) >= 11 is 0. The Morgan fingerprint density at radius 2 is 0.750 bits per heavy atom. The number of hydrogen-bond donors (Lipinski definition) is 2. The summed E-state index contributed by atoms with van der Waals surface area (Å²) in [5.41, 5.74) is 0. The van der Waals surface area contributed by atoms with E-state index >= 15 is 0 Å². The van der Waals surface area contributed by atoms with E-state index in [2.05, 4.69) is 81.5 Å². The van der Waals surface area contributed by atoms with Crippen LogP contribution in [0.4, 0.5) is 0 Å². The number of carbonyl (C=O) groups is 3. The number of esters is 3. The van der Waals surface area contributed by atoms with Crippen molar-refractivity contribution in [1.29, 1.82) is 0 Å². The molecule has 72 heavy (non-hydrogen) atoms. The van der Waals surface area contributed by atoms with Gasteiger partial charge in [-0.15, -0.1) is 0 Å². The van der Waals surface area contributed by atoms with Crippen LogP contribution in [0.15, 0.2) is 72.9 Å². The van der Waals surface area contributed by atoms with Gasteiger partial charge in [-0.05, 0) is 77.0 Å². The molecule has 0 radical (unpaired) electrons. The van der Waals surface area contributed by atoms with Crippen molar-refractivity contribution in [3.8, 4) is 0 Å².